The molecule has 0 aromatic carbocycles. The second-order valence-electron chi connectivity index (χ2n) is 0. The summed E-state index contributed by atoms with van der Waals surface area (Å²) in [5.74, 6) is 0. The predicted molar refractivity (Wildman–Crippen MR) is 24.0 cm³/mol. The molecular weight excluding hydrogens is 506 g/mol. The molecule has 0 fully saturated rings. The maximum atomic E-state index is 8.34. The molecule has 6 heteroatoms. The SMILES string of the molecule is [Cd].[InH3].[O]=[Sn].[S]=[Cd]. The van der Waals surface area contributed by atoms with E-state index in [1.54, 1.807) is 0 Å². The zero-order valence-corrected chi connectivity index (χ0v) is 14.5. The van der Waals surface area contributed by atoms with Crippen molar-refractivity contribution in [2.75, 3.05) is 0 Å². The van der Waals surface area contributed by atoms with Crippen molar-refractivity contribution in [3.8, 4) is 0 Å². The fourth-order valence-corrected chi connectivity index (χ4v) is 0. The summed E-state index contributed by atoms with van der Waals surface area (Å²) in [5, 5.41) is 0. The summed E-state index contributed by atoms with van der Waals surface area (Å²) in [6.45, 7) is 0. The van der Waals surface area contributed by atoms with Crippen LogP contribution in [-0.2, 0) is 54.1 Å². The molecule has 6 heavy (non-hydrogen) atoms. The molecule has 0 atom stereocenters. The molecule has 0 aliphatic carbocycles. The summed E-state index contributed by atoms with van der Waals surface area (Å²) >= 11 is 1.03. The fourth-order valence-electron chi connectivity index (χ4n) is 0. The van der Waals surface area contributed by atoms with Crippen LogP contribution in [0.15, 0.2) is 0 Å². The Balaban J connectivity index is -0.00000000500. The van der Waals surface area contributed by atoms with Gasteiger partial charge in [0.1, 0.15) is 0 Å². The summed E-state index contributed by atoms with van der Waals surface area (Å²) in [6.07, 6.45) is 0. The Hall–Kier alpha value is 3.53. The van der Waals surface area contributed by atoms with E-state index in [-0.39, 0.29) is 53.1 Å². The van der Waals surface area contributed by atoms with Crippen LogP contribution in [0.4, 0.5) is 0 Å². The summed E-state index contributed by atoms with van der Waals surface area (Å²) in [5.41, 5.74) is 0. The van der Waals surface area contributed by atoms with Gasteiger partial charge in [-0.3, -0.25) is 0 Å². The van der Waals surface area contributed by atoms with Gasteiger partial charge in [0, 0.05) is 27.3 Å². The van der Waals surface area contributed by atoms with E-state index in [2.05, 4.69) is 8.65 Å². The monoisotopic (exact) mass is 514 g/mol. The molecule has 0 unspecified atom stereocenters. The van der Waals surface area contributed by atoms with E-state index in [1.165, 1.54) is 0 Å². The molecule has 0 aromatic rings. The number of hydrogen-bond acceptors (Lipinski definition) is 2. The molecule has 0 N–H and O–H groups in total. The van der Waals surface area contributed by atoms with E-state index in [9.17, 15) is 0 Å². The van der Waals surface area contributed by atoms with Crippen LogP contribution in [0.2, 0.25) is 0 Å². The first-order valence-electron chi connectivity index (χ1n) is 0.493. The molecule has 0 aliphatic heterocycles. The van der Waals surface area contributed by atoms with Crippen molar-refractivity contribution in [3.63, 3.8) is 0 Å². The molecule has 0 heterocycles. The molecule has 0 rings (SSSR count). The van der Waals surface area contributed by atoms with Crippen molar-refractivity contribution < 1.29 is 54.1 Å². The molecule has 0 saturated heterocycles. The van der Waals surface area contributed by atoms with Gasteiger partial charge in [0.2, 0.25) is 0 Å². The average Bonchev–Trinajstić information content (AvgIpc) is 1.50. The zero-order valence-electron chi connectivity index (χ0n) is 2.73. The number of hydrogen-bond donors (Lipinski definition) is 0. The van der Waals surface area contributed by atoms with Gasteiger partial charge in [-0.2, -0.15) is 0 Å². The molecule has 0 bridgehead atoms. The van der Waals surface area contributed by atoms with E-state index in [1.807, 2.05) is 0 Å². The van der Waals surface area contributed by atoms with Gasteiger partial charge in [-0.25, -0.2) is 0 Å². The quantitative estimate of drug-likeness (QED) is 0.389. The van der Waals surface area contributed by atoms with Gasteiger partial charge in [-0.15, -0.1) is 0 Å². The second kappa shape index (κ2) is 38.8. The van der Waals surface area contributed by atoms with Crippen molar-refractivity contribution in [3.05, 3.63) is 0 Å². The van der Waals surface area contributed by atoms with Gasteiger partial charge in [0.05, 0.1) is 0 Å². The van der Waals surface area contributed by atoms with Crippen molar-refractivity contribution in [1.29, 1.82) is 0 Å². The van der Waals surface area contributed by atoms with E-state index in [0.29, 0.717) is 22.5 Å². The third-order valence-electron chi connectivity index (χ3n) is 0. The van der Waals surface area contributed by atoms with Gasteiger partial charge in [0.25, 0.3) is 0 Å². The van der Waals surface area contributed by atoms with E-state index >= 15 is 0 Å². The second-order valence-corrected chi connectivity index (χ2v) is 0. The van der Waals surface area contributed by atoms with Gasteiger partial charge in [-0.05, 0) is 0 Å². The molecule has 0 saturated carbocycles. The van der Waals surface area contributed by atoms with Crippen molar-refractivity contribution in [2.24, 2.45) is 0 Å². The van der Waals surface area contributed by atoms with E-state index < -0.39 is 0 Å². The Labute approximate surface area is 108 Å². The van der Waals surface area contributed by atoms with Gasteiger partial charge in [-0.1, -0.05) is 0 Å². The van der Waals surface area contributed by atoms with Crippen LogP contribution in [0.25, 0.3) is 0 Å². The zero-order chi connectivity index (χ0) is 4.00. The molecule has 0 amide bonds. The van der Waals surface area contributed by atoms with Gasteiger partial charge < -0.3 is 0 Å². The average molecular weight is 509 g/mol. The molecule has 0 aromatic heterocycles. The Kier molecular flexibility index (Phi) is 147. The predicted octanol–water partition coefficient (Wildman–Crippen LogP) is -1.04. The minimum atomic E-state index is 0. The maximum absolute atomic E-state index is 8.34. The van der Waals surface area contributed by atoms with Crippen molar-refractivity contribution in [1.82, 2.24) is 0 Å². The Morgan fingerprint density at radius 2 is 1.33 bits per heavy atom. The molecule has 2 radical (unpaired) electrons. The van der Waals surface area contributed by atoms with Gasteiger partial charge in [0.15, 0.2) is 0 Å². The molecule has 1 nitrogen and oxygen atoms in total. The number of rotatable bonds is 0. The summed E-state index contributed by atoms with van der Waals surface area (Å²) < 4.78 is 8.34. The first-order chi connectivity index (χ1) is 2.00. The van der Waals surface area contributed by atoms with Crippen molar-refractivity contribution in [2.45, 2.75) is 0 Å². The topological polar surface area (TPSA) is 17.1 Å². The minimum absolute atomic E-state index is 0. The Bertz CT molecular complexity index is 15.5. The Morgan fingerprint density at radius 1 is 1.33 bits per heavy atom. The first-order valence-corrected chi connectivity index (χ1v) is 7.18. The summed E-state index contributed by atoms with van der Waals surface area (Å²) in [6, 6.07) is 0. The molecule has 0 aliphatic rings. The summed E-state index contributed by atoms with van der Waals surface area (Å²) in [4.78, 5) is 0. The van der Waals surface area contributed by atoms with E-state index in [0.717, 1.165) is 23.7 Å². The van der Waals surface area contributed by atoms with Crippen LogP contribution >= 0.6 is 8.65 Å². The van der Waals surface area contributed by atoms with Gasteiger partial charge >= 0.3 is 83.8 Å². The molecule has 0 spiro atoms. The van der Waals surface area contributed by atoms with Crippen LogP contribution in [0, 0.1) is 0 Å². The van der Waals surface area contributed by atoms with E-state index in [4.69, 9.17) is 3.08 Å². The third kappa shape index (κ3) is 25.8. The summed E-state index contributed by atoms with van der Waals surface area (Å²) in [7, 11) is 4.25. The third-order valence-corrected chi connectivity index (χ3v) is 0. The standard InChI is InChI=1S/2Cd.In.O.S.Sn.3H. The Morgan fingerprint density at radius 3 is 1.33 bits per heavy atom. The van der Waals surface area contributed by atoms with Crippen LogP contribution in [-0.4, -0.2) is 48.4 Å². The van der Waals surface area contributed by atoms with Crippen LogP contribution in [0.3, 0.4) is 0 Å². The van der Waals surface area contributed by atoms with Crippen LogP contribution in [0.5, 0.6) is 0 Å². The first kappa shape index (κ1) is 22.7. The molecular formula is H3Cd2InOSSn. The van der Waals surface area contributed by atoms with Crippen molar-refractivity contribution >= 4 is 57.0 Å². The fraction of sp³-hybridized carbons (Fsp3) is 0. The van der Waals surface area contributed by atoms with Crippen LogP contribution < -0.4 is 0 Å². The normalized spacial score (nSPS) is 1.67. The van der Waals surface area contributed by atoms with Crippen LogP contribution in [0.1, 0.15) is 0 Å². The molecule has 26 valence electrons.